The normalized spacial score (nSPS) is 12.4. The minimum Gasteiger partial charge on any atom is -0.391 e. The predicted octanol–water partition coefficient (Wildman–Crippen LogP) is 1.11. The topological polar surface area (TPSA) is 58.6 Å². The second-order valence-corrected chi connectivity index (χ2v) is 5.31. The number of aliphatic hydroxyl groups excluding tert-OH is 1. The van der Waals surface area contributed by atoms with Crippen LogP contribution in [0.15, 0.2) is 12.1 Å². The molecule has 0 aliphatic carbocycles. The van der Waals surface area contributed by atoms with Crippen molar-refractivity contribution in [3.05, 3.63) is 21.9 Å². The van der Waals surface area contributed by atoms with Gasteiger partial charge < -0.3 is 15.2 Å². The third-order valence-electron chi connectivity index (χ3n) is 2.29. The van der Waals surface area contributed by atoms with Gasteiger partial charge in [-0.3, -0.25) is 4.79 Å². The minimum absolute atomic E-state index is 0.00327. The molecule has 0 aromatic carbocycles. The van der Waals surface area contributed by atoms with Crippen LogP contribution in [0.2, 0.25) is 0 Å². The van der Waals surface area contributed by atoms with Gasteiger partial charge in [-0.1, -0.05) is 0 Å². The molecule has 0 bridgehead atoms. The Morgan fingerprint density at radius 2 is 2.35 bits per heavy atom. The van der Waals surface area contributed by atoms with E-state index >= 15 is 0 Å². The average molecular weight is 257 g/mol. The third-order valence-corrected chi connectivity index (χ3v) is 3.29. The fraction of sp³-hybridized carbons (Fsp3) is 0.583. The first-order valence-corrected chi connectivity index (χ1v) is 6.42. The molecule has 1 heterocycles. The van der Waals surface area contributed by atoms with Crippen LogP contribution in [0.25, 0.3) is 0 Å². The number of ether oxygens (including phenoxy) is 1. The number of methoxy groups -OCH3 is 1. The number of thiophene rings is 1. The van der Waals surface area contributed by atoms with Gasteiger partial charge in [0.05, 0.1) is 19.1 Å². The van der Waals surface area contributed by atoms with Crippen molar-refractivity contribution >= 4 is 17.2 Å². The summed E-state index contributed by atoms with van der Waals surface area (Å²) in [5, 5.41) is 12.2. The van der Waals surface area contributed by atoms with Gasteiger partial charge in [-0.2, -0.15) is 0 Å². The summed E-state index contributed by atoms with van der Waals surface area (Å²) >= 11 is 1.63. The molecule has 0 fully saturated rings. The average Bonchev–Trinajstić information content (AvgIpc) is 2.64. The molecule has 0 saturated heterocycles. The van der Waals surface area contributed by atoms with Gasteiger partial charge in [-0.25, -0.2) is 0 Å². The first-order chi connectivity index (χ1) is 8.11. The first-order valence-electron chi connectivity index (χ1n) is 5.61. The summed E-state index contributed by atoms with van der Waals surface area (Å²) in [6, 6.07) is 3.98. The van der Waals surface area contributed by atoms with Gasteiger partial charge >= 0.3 is 0 Å². The van der Waals surface area contributed by atoms with E-state index in [2.05, 4.69) is 5.32 Å². The standard InChI is InChI=1S/C12H19NO3S/c1-9-3-4-11(17-9)7-12(15)13-6-5-10(14)8-16-2/h3-4,10,14H,5-8H2,1-2H3,(H,13,15). The molecule has 5 heteroatoms. The number of hydrogen-bond acceptors (Lipinski definition) is 4. The van der Waals surface area contributed by atoms with E-state index < -0.39 is 6.10 Å². The summed E-state index contributed by atoms with van der Waals surface area (Å²) in [6.07, 6.45) is 0.423. The van der Waals surface area contributed by atoms with Gasteiger partial charge in [0.25, 0.3) is 0 Å². The highest BCUT2D eigenvalue weighted by Crippen LogP contribution is 2.15. The van der Waals surface area contributed by atoms with Crippen LogP contribution in [0.1, 0.15) is 16.2 Å². The molecule has 0 spiro atoms. The molecule has 1 aromatic heterocycles. The molecule has 1 aromatic rings. The number of amides is 1. The third kappa shape index (κ3) is 5.81. The Morgan fingerprint density at radius 3 is 2.94 bits per heavy atom. The van der Waals surface area contributed by atoms with E-state index in [0.29, 0.717) is 26.0 Å². The molecule has 17 heavy (non-hydrogen) atoms. The van der Waals surface area contributed by atoms with Crippen molar-refractivity contribution in [2.24, 2.45) is 0 Å². The van der Waals surface area contributed by atoms with E-state index in [4.69, 9.17) is 4.74 Å². The Labute approximate surface area is 106 Å². The van der Waals surface area contributed by atoms with Gasteiger partial charge in [0.15, 0.2) is 0 Å². The van der Waals surface area contributed by atoms with Gasteiger partial charge in [-0.05, 0) is 25.5 Å². The van der Waals surface area contributed by atoms with Crippen molar-refractivity contribution in [1.82, 2.24) is 5.32 Å². The van der Waals surface area contributed by atoms with Crippen LogP contribution < -0.4 is 5.32 Å². The molecule has 0 saturated carbocycles. The molecule has 1 rings (SSSR count). The Kier molecular flexibility index (Phi) is 6.18. The molecule has 0 aliphatic heterocycles. The fourth-order valence-corrected chi connectivity index (χ4v) is 2.34. The highest BCUT2D eigenvalue weighted by molar-refractivity contribution is 7.12. The van der Waals surface area contributed by atoms with Gasteiger partial charge in [0.1, 0.15) is 0 Å². The number of hydrogen-bond donors (Lipinski definition) is 2. The predicted molar refractivity (Wildman–Crippen MR) is 68.3 cm³/mol. The Hall–Kier alpha value is -0.910. The molecular formula is C12H19NO3S. The number of aryl methyl sites for hydroxylation is 1. The summed E-state index contributed by atoms with van der Waals surface area (Å²) in [4.78, 5) is 13.8. The molecule has 96 valence electrons. The maximum atomic E-state index is 11.5. The van der Waals surface area contributed by atoms with E-state index in [1.807, 2.05) is 19.1 Å². The van der Waals surface area contributed by atoms with Crippen LogP contribution in [0.5, 0.6) is 0 Å². The van der Waals surface area contributed by atoms with E-state index in [1.54, 1.807) is 18.4 Å². The number of aliphatic hydroxyl groups is 1. The van der Waals surface area contributed by atoms with Crippen LogP contribution in [-0.4, -0.2) is 37.4 Å². The summed E-state index contributed by atoms with van der Waals surface area (Å²) in [5.41, 5.74) is 0. The van der Waals surface area contributed by atoms with Gasteiger partial charge in [0.2, 0.25) is 5.91 Å². The molecule has 1 unspecified atom stereocenters. The molecule has 0 aliphatic rings. The van der Waals surface area contributed by atoms with Crippen LogP contribution in [0.4, 0.5) is 0 Å². The lowest BCUT2D eigenvalue weighted by molar-refractivity contribution is -0.120. The zero-order chi connectivity index (χ0) is 12.7. The zero-order valence-corrected chi connectivity index (χ0v) is 11.0. The molecule has 0 radical (unpaired) electrons. The molecule has 1 amide bonds. The van der Waals surface area contributed by atoms with Crippen LogP contribution in [0, 0.1) is 6.92 Å². The van der Waals surface area contributed by atoms with Crippen molar-refractivity contribution in [3.63, 3.8) is 0 Å². The molecule has 4 nitrogen and oxygen atoms in total. The summed E-state index contributed by atoms with van der Waals surface area (Å²) < 4.78 is 4.80. The van der Waals surface area contributed by atoms with Crippen LogP contribution in [0.3, 0.4) is 0 Å². The SMILES string of the molecule is COCC(O)CCNC(=O)Cc1ccc(C)s1. The summed E-state index contributed by atoms with van der Waals surface area (Å²) in [6.45, 7) is 2.81. The highest BCUT2D eigenvalue weighted by Gasteiger charge is 2.07. The van der Waals surface area contributed by atoms with Gasteiger partial charge in [-0.15, -0.1) is 11.3 Å². The first kappa shape index (κ1) is 14.2. The van der Waals surface area contributed by atoms with Gasteiger partial charge in [0, 0.05) is 23.4 Å². The summed E-state index contributed by atoms with van der Waals surface area (Å²) in [7, 11) is 1.54. The molecule has 2 N–H and O–H groups in total. The van der Waals surface area contributed by atoms with Crippen LogP contribution in [-0.2, 0) is 16.0 Å². The van der Waals surface area contributed by atoms with Crippen molar-refractivity contribution in [3.8, 4) is 0 Å². The maximum absolute atomic E-state index is 11.5. The lowest BCUT2D eigenvalue weighted by Gasteiger charge is -2.09. The fourth-order valence-electron chi connectivity index (χ4n) is 1.45. The second-order valence-electron chi connectivity index (χ2n) is 3.94. The van der Waals surface area contributed by atoms with Crippen LogP contribution >= 0.6 is 11.3 Å². The smallest absolute Gasteiger partial charge is 0.225 e. The zero-order valence-electron chi connectivity index (χ0n) is 10.2. The van der Waals surface area contributed by atoms with Crippen molar-refractivity contribution in [2.45, 2.75) is 25.9 Å². The molecular weight excluding hydrogens is 238 g/mol. The largest absolute Gasteiger partial charge is 0.391 e. The van der Waals surface area contributed by atoms with Crippen molar-refractivity contribution < 1.29 is 14.6 Å². The van der Waals surface area contributed by atoms with E-state index in [1.165, 1.54) is 4.88 Å². The quantitative estimate of drug-likeness (QED) is 0.769. The number of carbonyl (C=O) groups is 1. The minimum atomic E-state index is -0.510. The summed E-state index contributed by atoms with van der Waals surface area (Å²) in [5.74, 6) is -0.00327. The lowest BCUT2D eigenvalue weighted by atomic mass is 10.2. The number of carbonyl (C=O) groups excluding carboxylic acids is 1. The Balaban J connectivity index is 2.17. The van der Waals surface area contributed by atoms with E-state index in [0.717, 1.165) is 4.88 Å². The number of nitrogens with one attached hydrogen (secondary N) is 1. The lowest BCUT2D eigenvalue weighted by Crippen LogP contribution is -2.29. The Morgan fingerprint density at radius 1 is 1.59 bits per heavy atom. The monoisotopic (exact) mass is 257 g/mol. The van der Waals surface area contributed by atoms with E-state index in [-0.39, 0.29) is 5.91 Å². The van der Waals surface area contributed by atoms with E-state index in [9.17, 15) is 9.90 Å². The second kappa shape index (κ2) is 7.42. The van der Waals surface area contributed by atoms with Crippen molar-refractivity contribution in [2.75, 3.05) is 20.3 Å². The van der Waals surface area contributed by atoms with Crippen molar-refractivity contribution in [1.29, 1.82) is 0 Å². The highest BCUT2D eigenvalue weighted by atomic mass is 32.1. The molecule has 1 atom stereocenters. The number of rotatable bonds is 7. The maximum Gasteiger partial charge on any atom is 0.225 e. The Bertz CT molecular complexity index is 351.